The summed E-state index contributed by atoms with van der Waals surface area (Å²) in [5.41, 5.74) is 1.80. The highest BCUT2D eigenvalue weighted by molar-refractivity contribution is 5.86. The van der Waals surface area contributed by atoms with Gasteiger partial charge in [-0.1, -0.05) is 60.7 Å². The molecule has 0 aromatic heterocycles. The van der Waals surface area contributed by atoms with E-state index in [-0.39, 0.29) is 25.7 Å². The van der Waals surface area contributed by atoms with E-state index in [1.807, 2.05) is 60.7 Å². The molecule has 0 bridgehead atoms. The number of hydrogen-bond donors (Lipinski definition) is 3. The van der Waals surface area contributed by atoms with Crippen molar-refractivity contribution < 1.29 is 29.0 Å². The number of hydrogen-bond acceptors (Lipinski definition) is 6. The molecule has 0 unspecified atom stereocenters. The van der Waals surface area contributed by atoms with E-state index in [0.717, 1.165) is 11.1 Å². The monoisotopic (exact) mass is 497 g/mol. The van der Waals surface area contributed by atoms with E-state index in [0.29, 0.717) is 45.2 Å². The van der Waals surface area contributed by atoms with E-state index in [2.05, 4.69) is 10.6 Å². The van der Waals surface area contributed by atoms with Crippen LogP contribution in [-0.2, 0) is 27.5 Å². The smallest absolute Gasteiger partial charge is 0.410 e. The van der Waals surface area contributed by atoms with Crippen LogP contribution in [0.2, 0.25) is 0 Å². The Morgan fingerprint density at radius 1 is 0.944 bits per heavy atom. The zero-order chi connectivity index (χ0) is 25.6. The van der Waals surface area contributed by atoms with E-state index < -0.39 is 24.3 Å². The molecule has 2 aromatic carbocycles. The fourth-order valence-electron chi connectivity index (χ4n) is 4.05. The summed E-state index contributed by atoms with van der Waals surface area (Å²) < 4.78 is 10.6. The summed E-state index contributed by atoms with van der Waals surface area (Å²) in [5, 5.41) is 15.3. The molecule has 1 saturated heterocycles. The minimum atomic E-state index is -0.608. The number of benzene rings is 2. The van der Waals surface area contributed by atoms with Crippen LogP contribution in [0.15, 0.2) is 60.7 Å². The second kappa shape index (κ2) is 14.7. The van der Waals surface area contributed by atoms with Gasteiger partial charge in [0.15, 0.2) is 0 Å². The van der Waals surface area contributed by atoms with Gasteiger partial charge < -0.3 is 25.2 Å². The van der Waals surface area contributed by atoms with Gasteiger partial charge in [0.1, 0.15) is 19.3 Å². The number of unbranched alkanes of at least 4 members (excludes halogenated alkanes) is 1. The van der Waals surface area contributed by atoms with Crippen molar-refractivity contribution in [2.45, 2.75) is 57.4 Å². The highest BCUT2D eigenvalue weighted by Crippen LogP contribution is 2.19. The molecule has 1 aliphatic rings. The van der Waals surface area contributed by atoms with E-state index in [1.54, 1.807) is 0 Å². The minimum absolute atomic E-state index is 0.150. The number of amides is 3. The minimum Gasteiger partial charge on any atom is -0.445 e. The van der Waals surface area contributed by atoms with Gasteiger partial charge >= 0.3 is 12.2 Å². The van der Waals surface area contributed by atoms with Crippen LogP contribution in [-0.4, -0.2) is 59.9 Å². The first-order chi connectivity index (χ1) is 17.6. The van der Waals surface area contributed by atoms with E-state index in [1.165, 1.54) is 4.90 Å². The van der Waals surface area contributed by atoms with Crippen LogP contribution >= 0.6 is 0 Å². The molecule has 0 spiro atoms. The summed E-state index contributed by atoms with van der Waals surface area (Å²) in [7, 11) is 0. The van der Waals surface area contributed by atoms with Gasteiger partial charge in [0.25, 0.3) is 0 Å². The number of likely N-dealkylation sites (tertiary alicyclic amines) is 1. The molecule has 1 fully saturated rings. The number of nitrogens with one attached hydrogen (secondary N) is 2. The fraction of sp³-hybridized carbons (Fsp3) is 0.444. The third-order valence-corrected chi connectivity index (χ3v) is 6.02. The molecule has 2 aromatic rings. The molecule has 3 N–H and O–H groups in total. The van der Waals surface area contributed by atoms with Gasteiger partial charge in [-0.05, 0) is 43.2 Å². The lowest BCUT2D eigenvalue weighted by molar-refractivity contribution is -0.126. The lowest BCUT2D eigenvalue weighted by Crippen LogP contribution is -2.49. The molecule has 0 aliphatic carbocycles. The lowest BCUT2D eigenvalue weighted by atomic mass is 10.1. The van der Waals surface area contributed by atoms with Gasteiger partial charge in [-0.15, -0.1) is 0 Å². The van der Waals surface area contributed by atoms with E-state index >= 15 is 0 Å². The predicted octanol–water partition coefficient (Wildman–Crippen LogP) is 3.36. The first-order valence-corrected chi connectivity index (χ1v) is 12.4. The van der Waals surface area contributed by atoms with Crippen LogP contribution in [0.1, 0.15) is 43.2 Å². The normalized spacial score (nSPS) is 15.7. The van der Waals surface area contributed by atoms with Gasteiger partial charge in [0, 0.05) is 13.1 Å². The maximum absolute atomic E-state index is 12.8. The SMILES string of the molecule is O=C(NCCCC[C@@H](CO)NC(=O)[C@@H]1CCCN1C(=O)OCc1ccccc1)OCc1ccccc1. The third kappa shape index (κ3) is 8.88. The molecule has 1 heterocycles. The second-order valence-electron chi connectivity index (χ2n) is 8.76. The maximum atomic E-state index is 12.8. The van der Waals surface area contributed by atoms with E-state index in [4.69, 9.17) is 9.47 Å². The van der Waals surface area contributed by atoms with Crippen molar-refractivity contribution in [2.24, 2.45) is 0 Å². The molecule has 2 atom stereocenters. The van der Waals surface area contributed by atoms with Gasteiger partial charge in [-0.2, -0.15) is 0 Å². The topological polar surface area (TPSA) is 117 Å². The maximum Gasteiger partial charge on any atom is 0.410 e. The van der Waals surface area contributed by atoms with Crippen molar-refractivity contribution in [3.8, 4) is 0 Å². The largest absolute Gasteiger partial charge is 0.445 e. The lowest BCUT2D eigenvalue weighted by Gasteiger charge is -2.25. The van der Waals surface area contributed by atoms with Crippen LogP contribution in [0.25, 0.3) is 0 Å². The van der Waals surface area contributed by atoms with Crippen LogP contribution in [0.4, 0.5) is 9.59 Å². The Morgan fingerprint density at radius 3 is 2.22 bits per heavy atom. The van der Waals surface area contributed by atoms with Crippen molar-refractivity contribution in [1.29, 1.82) is 0 Å². The molecule has 36 heavy (non-hydrogen) atoms. The number of ether oxygens (including phenoxy) is 2. The van der Waals surface area contributed by atoms with Gasteiger partial charge in [-0.25, -0.2) is 9.59 Å². The van der Waals surface area contributed by atoms with Crippen molar-refractivity contribution in [3.05, 3.63) is 71.8 Å². The highest BCUT2D eigenvalue weighted by Gasteiger charge is 2.35. The summed E-state index contributed by atoms with van der Waals surface area (Å²) in [6.07, 6.45) is 2.20. The number of carbonyl (C=O) groups is 3. The van der Waals surface area contributed by atoms with Crippen molar-refractivity contribution in [1.82, 2.24) is 15.5 Å². The van der Waals surface area contributed by atoms with E-state index in [9.17, 15) is 19.5 Å². The quantitative estimate of drug-likeness (QED) is 0.387. The summed E-state index contributed by atoms with van der Waals surface area (Å²) >= 11 is 0. The van der Waals surface area contributed by atoms with Gasteiger partial charge in [0.05, 0.1) is 12.6 Å². The molecule has 194 valence electrons. The Morgan fingerprint density at radius 2 is 1.58 bits per heavy atom. The number of aliphatic hydroxyl groups is 1. The van der Waals surface area contributed by atoms with Gasteiger partial charge in [-0.3, -0.25) is 9.69 Å². The molecule has 0 saturated carbocycles. The number of nitrogens with zero attached hydrogens (tertiary/aromatic N) is 1. The summed E-state index contributed by atoms with van der Waals surface area (Å²) in [6.45, 7) is 1.05. The zero-order valence-corrected chi connectivity index (χ0v) is 20.4. The number of rotatable bonds is 12. The Balaban J connectivity index is 1.32. The Hall–Kier alpha value is -3.59. The van der Waals surface area contributed by atoms with Crippen LogP contribution in [0.3, 0.4) is 0 Å². The zero-order valence-electron chi connectivity index (χ0n) is 20.4. The van der Waals surface area contributed by atoms with Crippen molar-refractivity contribution in [3.63, 3.8) is 0 Å². The van der Waals surface area contributed by atoms with Crippen molar-refractivity contribution in [2.75, 3.05) is 19.7 Å². The average molecular weight is 498 g/mol. The summed E-state index contributed by atoms with van der Waals surface area (Å²) in [6, 6.07) is 17.8. The Kier molecular flexibility index (Phi) is 11.0. The number of carbonyl (C=O) groups excluding carboxylic acids is 3. The Labute approximate surface area is 211 Å². The first kappa shape index (κ1) is 27.0. The second-order valence-corrected chi connectivity index (χ2v) is 8.76. The standard InChI is InChI=1S/C27H35N3O6/c31-18-23(14-7-8-16-28-26(33)35-19-21-10-3-1-4-11-21)29-25(32)24-15-9-17-30(24)27(34)36-20-22-12-5-2-6-13-22/h1-6,10-13,23-24,31H,7-9,14-20H2,(H,28,33)(H,29,32)/t23-,24-/m0/s1. The highest BCUT2D eigenvalue weighted by atomic mass is 16.6. The molecular formula is C27H35N3O6. The van der Waals surface area contributed by atoms with Crippen LogP contribution < -0.4 is 10.6 Å². The average Bonchev–Trinajstić information content (AvgIpc) is 3.41. The predicted molar refractivity (Wildman–Crippen MR) is 134 cm³/mol. The Bertz CT molecular complexity index is 956. The molecule has 1 aliphatic heterocycles. The van der Waals surface area contributed by atoms with Crippen LogP contribution in [0.5, 0.6) is 0 Å². The molecular weight excluding hydrogens is 462 g/mol. The molecule has 3 amide bonds. The molecule has 0 radical (unpaired) electrons. The van der Waals surface area contributed by atoms with Gasteiger partial charge in [0.2, 0.25) is 5.91 Å². The van der Waals surface area contributed by atoms with Crippen molar-refractivity contribution >= 4 is 18.1 Å². The summed E-state index contributed by atoms with van der Waals surface area (Å²) in [5.74, 6) is -0.286. The first-order valence-electron chi connectivity index (χ1n) is 12.4. The fourth-order valence-corrected chi connectivity index (χ4v) is 4.05. The molecule has 3 rings (SSSR count). The molecule has 9 heteroatoms. The number of alkyl carbamates (subject to hydrolysis) is 1. The molecule has 9 nitrogen and oxygen atoms in total. The number of aliphatic hydroxyl groups excluding tert-OH is 1. The third-order valence-electron chi connectivity index (χ3n) is 6.02. The summed E-state index contributed by atoms with van der Waals surface area (Å²) in [4.78, 5) is 38.6. The van der Waals surface area contributed by atoms with Crippen LogP contribution in [0, 0.1) is 0 Å².